The lowest BCUT2D eigenvalue weighted by atomic mass is 10.1. The SMILES string of the molecule is Cc1cc(C)c(C(=O)N2CCSCC2CC(=O)O)c(=O)[nH]1. The second kappa shape index (κ2) is 6.34. The Morgan fingerprint density at radius 2 is 2.19 bits per heavy atom. The molecule has 0 radical (unpaired) electrons. The third-order valence-electron chi connectivity index (χ3n) is 3.48. The Kier molecular flexibility index (Phi) is 4.72. The quantitative estimate of drug-likeness (QED) is 0.870. The molecule has 114 valence electrons. The van der Waals surface area contributed by atoms with Crippen LogP contribution in [-0.2, 0) is 4.79 Å². The molecule has 0 spiro atoms. The van der Waals surface area contributed by atoms with Crippen LogP contribution in [0.3, 0.4) is 0 Å². The Balaban J connectivity index is 2.33. The van der Waals surface area contributed by atoms with Gasteiger partial charge in [-0.3, -0.25) is 14.4 Å². The van der Waals surface area contributed by atoms with E-state index in [1.54, 1.807) is 31.7 Å². The van der Waals surface area contributed by atoms with Gasteiger partial charge in [0.05, 0.1) is 12.5 Å². The number of nitrogens with zero attached hydrogens (tertiary/aromatic N) is 1. The minimum Gasteiger partial charge on any atom is -0.481 e. The Morgan fingerprint density at radius 3 is 2.81 bits per heavy atom. The first-order chi connectivity index (χ1) is 9.90. The number of H-pyrrole nitrogens is 1. The third-order valence-corrected chi connectivity index (χ3v) is 4.57. The number of nitrogens with one attached hydrogen (secondary N) is 1. The summed E-state index contributed by atoms with van der Waals surface area (Å²) < 4.78 is 0. The third kappa shape index (κ3) is 3.47. The standard InChI is InChI=1S/C14H18N2O4S/c1-8-5-9(2)15-13(19)12(8)14(20)16-3-4-21-7-10(16)6-11(17)18/h5,10H,3-4,6-7H2,1-2H3,(H,15,19)(H,17,18). The number of amides is 1. The molecule has 6 nitrogen and oxygen atoms in total. The molecule has 2 N–H and O–H groups in total. The molecule has 21 heavy (non-hydrogen) atoms. The van der Waals surface area contributed by atoms with Crippen molar-refractivity contribution >= 4 is 23.6 Å². The van der Waals surface area contributed by atoms with Gasteiger partial charge in [0.2, 0.25) is 0 Å². The van der Waals surface area contributed by atoms with Crippen LogP contribution in [0.15, 0.2) is 10.9 Å². The molecule has 1 fully saturated rings. The number of thioether (sulfide) groups is 1. The van der Waals surface area contributed by atoms with E-state index in [1.165, 1.54) is 4.90 Å². The first-order valence-electron chi connectivity index (χ1n) is 6.71. The molecule has 1 saturated heterocycles. The monoisotopic (exact) mass is 310 g/mol. The Labute approximate surface area is 126 Å². The van der Waals surface area contributed by atoms with Crippen LogP contribution in [-0.4, -0.2) is 51.0 Å². The van der Waals surface area contributed by atoms with Crippen molar-refractivity contribution in [1.82, 2.24) is 9.88 Å². The molecule has 1 aliphatic heterocycles. The molecule has 1 amide bonds. The smallest absolute Gasteiger partial charge is 0.305 e. The molecule has 2 heterocycles. The minimum absolute atomic E-state index is 0.0957. The second-order valence-corrected chi connectivity index (χ2v) is 6.31. The predicted molar refractivity (Wildman–Crippen MR) is 80.9 cm³/mol. The van der Waals surface area contributed by atoms with Gasteiger partial charge in [-0.2, -0.15) is 11.8 Å². The molecule has 1 aromatic heterocycles. The molecular weight excluding hydrogens is 292 g/mol. The van der Waals surface area contributed by atoms with Gasteiger partial charge in [0, 0.05) is 23.7 Å². The van der Waals surface area contributed by atoms with Gasteiger partial charge in [0.15, 0.2) is 0 Å². The predicted octanol–water partition coefficient (Wildman–Crippen LogP) is 1.02. The van der Waals surface area contributed by atoms with Crippen molar-refractivity contribution in [3.8, 4) is 0 Å². The molecule has 1 unspecified atom stereocenters. The van der Waals surface area contributed by atoms with E-state index >= 15 is 0 Å². The summed E-state index contributed by atoms with van der Waals surface area (Å²) in [5.74, 6) is 0.0288. The number of aromatic amines is 1. The van der Waals surface area contributed by atoms with Gasteiger partial charge >= 0.3 is 5.97 Å². The molecule has 7 heteroatoms. The summed E-state index contributed by atoms with van der Waals surface area (Å²) in [6, 6.07) is 1.38. The molecule has 0 bridgehead atoms. The van der Waals surface area contributed by atoms with E-state index < -0.39 is 11.5 Å². The normalized spacial score (nSPS) is 18.6. The Hall–Kier alpha value is -1.76. The molecular formula is C14H18N2O4S. The maximum atomic E-state index is 12.6. The fraction of sp³-hybridized carbons (Fsp3) is 0.500. The number of hydrogen-bond acceptors (Lipinski definition) is 4. The number of carbonyl (C=O) groups is 2. The highest BCUT2D eigenvalue weighted by atomic mass is 32.2. The average molecular weight is 310 g/mol. The van der Waals surface area contributed by atoms with Crippen LogP contribution in [0.1, 0.15) is 28.0 Å². The van der Waals surface area contributed by atoms with Gasteiger partial charge < -0.3 is 15.0 Å². The fourth-order valence-electron chi connectivity index (χ4n) is 2.56. The van der Waals surface area contributed by atoms with Gasteiger partial charge in [-0.1, -0.05) is 0 Å². The summed E-state index contributed by atoms with van der Waals surface area (Å²) in [4.78, 5) is 39.8. The highest BCUT2D eigenvalue weighted by Crippen LogP contribution is 2.21. The first kappa shape index (κ1) is 15.6. The van der Waals surface area contributed by atoms with E-state index in [1.807, 2.05) is 0 Å². The maximum absolute atomic E-state index is 12.6. The van der Waals surface area contributed by atoms with E-state index in [9.17, 15) is 14.4 Å². The zero-order valence-electron chi connectivity index (χ0n) is 12.0. The van der Waals surface area contributed by atoms with Gasteiger partial charge in [-0.15, -0.1) is 0 Å². The molecule has 2 rings (SSSR count). The van der Waals surface area contributed by atoms with Crippen molar-refractivity contribution in [2.24, 2.45) is 0 Å². The molecule has 0 aliphatic carbocycles. The van der Waals surface area contributed by atoms with Crippen LogP contribution >= 0.6 is 11.8 Å². The average Bonchev–Trinajstić information content (AvgIpc) is 2.37. The summed E-state index contributed by atoms with van der Waals surface area (Å²) in [7, 11) is 0. The van der Waals surface area contributed by atoms with Crippen LogP contribution in [0.2, 0.25) is 0 Å². The van der Waals surface area contributed by atoms with Crippen molar-refractivity contribution in [3.63, 3.8) is 0 Å². The van der Waals surface area contributed by atoms with E-state index in [0.29, 0.717) is 23.6 Å². The lowest BCUT2D eigenvalue weighted by Crippen LogP contribution is -2.48. The van der Waals surface area contributed by atoms with E-state index in [2.05, 4.69) is 4.98 Å². The lowest BCUT2D eigenvalue weighted by Gasteiger charge is -2.34. The van der Waals surface area contributed by atoms with E-state index in [-0.39, 0.29) is 23.9 Å². The summed E-state index contributed by atoms with van der Waals surface area (Å²) in [6.07, 6.45) is -0.0957. The number of pyridine rings is 1. The van der Waals surface area contributed by atoms with Crippen molar-refractivity contribution in [2.75, 3.05) is 18.1 Å². The number of carbonyl (C=O) groups excluding carboxylic acids is 1. The van der Waals surface area contributed by atoms with Gasteiger partial charge in [0.25, 0.3) is 11.5 Å². The van der Waals surface area contributed by atoms with Crippen LogP contribution in [0.5, 0.6) is 0 Å². The molecule has 1 aliphatic rings. The summed E-state index contributed by atoms with van der Waals surface area (Å²) in [6.45, 7) is 3.95. The summed E-state index contributed by atoms with van der Waals surface area (Å²) in [5, 5.41) is 8.97. The largest absolute Gasteiger partial charge is 0.481 e. The van der Waals surface area contributed by atoms with Crippen molar-refractivity contribution in [1.29, 1.82) is 0 Å². The fourth-order valence-corrected chi connectivity index (χ4v) is 3.62. The zero-order chi connectivity index (χ0) is 15.6. The number of hydrogen-bond donors (Lipinski definition) is 2. The molecule has 0 aromatic carbocycles. The molecule has 1 aromatic rings. The topological polar surface area (TPSA) is 90.5 Å². The maximum Gasteiger partial charge on any atom is 0.305 e. The van der Waals surface area contributed by atoms with E-state index in [4.69, 9.17) is 5.11 Å². The first-order valence-corrected chi connectivity index (χ1v) is 7.86. The number of carboxylic acid groups (broad SMARTS) is 1. The van der Waals surface area contributed by atoms with Gasteiger partial charge in [-0.25, -0.2) is 0 Å². The summed E-state index contributed by atoms with van der Waals surface area (Å²) >= 11 is 1.63. The van der Waals surface area contributed by atoms with Gasteiger partial charge in [0.1, 0.15) is 5.56 Å². The highest BCUT2D eigenvalue weighted by molar-refractivity contribution is 7.99. The van der Waals surface area contributed by atoms with Gasteiger partial charge in [-0.05, 0) is 25.5 Å². The zero-order valence-corrected chi connectivity index (χ0v) is 12.8. The molecule has 0 saturated carbocycles. The van der Waals surface area contributed by atoms with Crippen molar-refractivity contribution in [2.45, 2.75) is 26.3 Å². The highest BCUT2D eigenvalue weighted by Gasteiger charge is 2.31. The number of aryl methyl sites for hydroxylation is 2. The lowest BCUT2D eigenvalue weighted by molar-refractivity contribution is -0.138. The van der Waals surface area contributed by atoms with Crippen molar-refractivity contribution < 1.29 is 14.7 Å². The Bertz CT molecular complexity index is 626. The van der Waals surface area contributed by atoms with E-state index in [0.717, 1.165) is 5.75 Å². The van der Waals surface area contributed by atoms with Crippen LogP contribution in [0, 0.1) is 13.8 Å². The van der Waals surface area contributed by atoms with Crippen molar-refractivity contribution in [3.05, 3.63) is 33.2 Å². The minimum atomic E-state index is -0.935. The number of rotatable bonds is 3. The number of carboxylic acids is 1. The summed E-state index contributed by atoms with van der Waals surface area (Å²) in [5.41, 5.74) is 1.02. The Morgan fingerprint density at radius 1 is 1.48 bits per heavy atom. The number of aromatic nitrogens is 1. The molecule has 1 atom stereocenters. The number of aliphatic carboxylic acids is 1. The van der Waals surface area contributed by atoms with Crippen LogP contribution < -0.4 is 5.56 Å². The van der Waals surface area contributed by atoms with Crippen LogP contribution in [0.25, 0.3) is 0 Å². The van der Waals surface area contributed by atoms with Crippen LogP contribution in [0.4, 0.5) is 0 Å². The second-order valence-electron chi connectivity index (χ2n) is 5.16.